The van der Waals surface area contributed by atoms with Gasteiger partial charge in [0.05, 0.1) is 35.4 Å². The molecule has 18 heavy (non-hydrogen) atoms. The molecular weight excluding hydrogens is 296 g/mol. The van der Waals surface area contributed by atoms with Gasteiger partial charge in [0.15, 0.2) is 0 Å². The summed E-state index contributed by atoms with van der Waals surface area (Å²) in [4.78, 5) is 12.2. The normalized spacial score (nSPS) is 21.0. The van der Waals surface area contributed by atoms with Crippen molar-refractivity contribution in [1.29, 1.82) is 0 Å². The first kappa shape index (κ1) is 13.7. The molecule has 4 nitrogen and oxygen atoms in total. The molecule has 1 aromatic rings. The van der Waals surface area contributed by atoms with Crippen molar-refractivity contribution in [2.45, 2.75) is 44.6 Å². The molecule has 0 radical (unpaired) electrons. The fraction of sp³-hybridized carbons (Fsp3) is 0.692. The molecule has 1 heterocycles. The van der Waals surface area contributed by atoms with E-state index in [-0.39, 0.29) is 5.92 Å². The summed E-state index contributed by atoms with van der Waals surface area (Å²) < 4.78 is 7.94. The first-order valence-corrected chi connectivity index (χ1v) is 7.26. The van der Waals surface area contributed by atoms with E-state index in [1.54, 1.807) is 13.3 Å². The third-order valence-electron chi connectivity index (χ3n) is 3.48. The smallest absolute Gasteiger partial charge is 0.141 e. The van der Waals surface area contributed by atoms with E-state index in [0.29, 0.717) is 25.4 Å². The molecule has 0 spiro atoms. The number of halogens is 1. The van der Waals surface area contributed by atoms with Crippen molar-refractivity contribution in [2.24, 2.45) is 0 Å². The first-order valence-electron chi connectivity index (χ1n) is 6.47. The van der Waals surface area contributed by atoms with E-state index in [0.717, 1.165) is 35.8 Å². The molecule has 1 atom stereocenters. The van der Waals surface area contributed by atoms with E-state index < -0.39 is 0 Å². The Morgan fingerprint density at radius 3 is 3.11 bits per heavy atom. The zero-order chi connectivity index (χ0) is 13.0. The number of carbonyl (C=O) groups excluding carboxylic acids is 1. The summed E-state index contributed by atoms with van der Waals surface area (Å²) in [5.41, 5.74) is 1.03. The van der Waals surface area contributed by atoms with E-state index in [1.807, 2.05) is 4.68 Å². The Balaban J connectivity index is 2.24. The zero-order valence-electron chi connectivity index (χ0n) is 10.7. The van der Waals surface area contributed by atoms with Gasteiger partial charge in [-0.05, 0) is 28.8 Å². The lowest BCUT2D eigenvalue weighted by Crippen LogP contribution is -2.18. The van der Waals surface area contributed by atoms with Gasteiger partial charge in [0, 0.05) is 13.5 Å². The molecule has 0 aliphatic heterocycles. The number of methoxy groups -OCH3 is 1. The number of ether oxygens (including phenoxy) is 1. The largest absolute Gasteiger partial charge is 0.383 e. The van der Waals surface area contributed by atoms with Gasteiger partial charge in [-0.15, -0.1) is 0 Å². The lowest BCUT2D eigenvalue weighted by atomic mass is 9.95. The average Bonchev–Trinajstić information content (AvgIpc) is 2.58. The number of carbonyl (C=O) groups is 1. The van der Waals surface area contributed by atoms with Crippen molar-refractivity contribution in [3.8, 4) is 0 Å². The average molecular weight is 315 g/mol. The molecule has 0 N–H and O–H groups in total. The molecule has 1 aromatic heterocycles. The van der Waals surface area contributed by atoms with Gasteiger partial charge in [-0.25, -0.2) is 0 Å². The van der Waals surface area contributed by atoms with E-state index in [1.165, 1.54) is 0 Å². The highest BCUT2D eigenvalue weighted by Gasteiger charge is 2.27. The SMILES string of the molecule is COCCn1ncc(Br)c1C1CCCCCC1=O. The summed E-state index contributed by atoms with van der Waals surface area (Å²) in [6.07, 6.45) is 6.73. The lowest BCUT2D eigenvalue weighted by Gasteiger charge is -2.16. The standard InChI is InChI=1S/C13H19BrN2O2/c1-18-8-7-16-13(11(14)9-15-16)10-5-3-2-4-6-12(10)17/h9-10H,2-8H2,1H3. The van der Waals surface area contributed by atoms with E-state index in [9.17, 15) is 4.79 Å². The minimum Gasteiger partial charge on any atom is -0.383 e. The van der Waals surface area contributed by atoms with Crippen molar-refractivity contribution in [1.82, 2.24) is 9.78 Å². The number of ketones is 1. The second-order valence-corrected chi connectivity index (χ2v) is 5.57. The molecule has 0 saturated heterocycles. The van der Waals surface area contributed by atoms with Crippen LogP contribution in [0.3, 0.4) is 0 Å². The van der Waals surface area contributed by atoms with E-state index >= 15 is 0 Å². The third kappa shape index (κ3) is 3.01. The first-order chi connectivity index (χ1) is 8.74. The van der Waals surface area contributed by atoms with Crippen LogP contribution in [0.15, 0.2) is 10.7 Å². The zero-order valence-corrected chi connectivity index (χ0v) is 12.3. The Labute approximate surface area is 116 Å². The maximum atomic E-state index is 12.2. The van der Waals surface area contributed by atoms with Gasteiger partial charge >= 0.3 is 0 Å². The molecule has 1 aliphatic carbocycles. The molecule has 5 heteroatoms. The van der Waals surface area contributed by atoms with Gasteiger partial charge in [-0.1, -0.05) is 12.8 Å². The molecule has 0 amide bonds. The maximum absolute atomic E-state index is 12.2. The molecule has 1 saturated carbocycles. The highest BCUT2D eigenvalue weighted by molar-refractivity contribution is 9.10. The Morgan fingerprint density at radius 1 is 1.50 bits per heavy atom. The van der Waals surface area contributed by atoms with Crippen LogP contribution >= 0.6 is 15.9 Å². The highest BCUT2D eigenvalue weighted by Crippen LogP contribution is 2.33. The van der Waals surface area contributed by atoms with Crippen LogP contribution in [-0.4, -0.2) is 29.3 Å². The molecule has 1 aliphatic rings. The Bertz CT molecular complexity index is 417. The maximum Gasteiger partial charge on any atom is 0.141 e. The van der Waals surface area contributed by atoms with Crippen molar-refractivity contribution in [3.05, 3.63) is 16.4 Å². The molecule has 100 valence electrons. The molecule has 2 rings (SSSR count). The fourth-order valence-electron chi connectivity index (χ4n) is 2.52. The predicted molar refractivity (Wildman–Crippen MR) is 72.6 cm³/mol. The summed E-state index contributed by atoms with van der Waals surface area (Å²) in [6, 6.07) is 0. The van der Waals surface area contributed by atoms with Crippen molar-refractivity contribution >= 4 is 21.7 Å². The van der Waals surface area contributed by atoms with Crippen LogP contribution in [0.1, 0.15) is 43.7 Å². The minimum atomic E-state index is 0.00114. The van der Waals surface area contributed by atoms with Crippen molar-refractivity contribution < 1.29 is 9.53 Å². The van der Waals surface area contributed by atoms with Crippen LogP contribution in [0.5, 0.6) is 0 Å². The minimum absolute atomic E-state index is 0.00114. The van der Waals surface area contributed by atoms with Crippen LogP contribution in [0, 0.1) is 0 Å². The summed E-state index contributed by atoms with van der Waals surface area (Å²) in [5, 5.41) is 4.33. The summed E-state index contributed by atoms with van der Waals surface area (Å²) >= 11 is 3.52. The summed E-state index contributed by atoms with van der Waals surface area (Å²) in [7, 11) is 1.68. The van der Waals surface area contributed by atoms with Crippen LogP contribution in [0.2, 0.25) is 0 Å². The second-order valence-electron chi connectivity index (χ2n) is 4.71. The van der Waals surface area contributed by atoms with E-state index in [2.05, 4.69) is 21.0 Å². The van der Waals surface area contributed by atoms with Crippen LogP contribution in [0.4, 0.5) is 0 Å². The van der Waals surface area contributed by atoms with Gasteiger partial charge in [0.1, 0.15) is 5.78 Å². The molecule has 0 bridgehead atoms. The summed E-state index contributed by atoms with van der Waals surface area (Å²) in [6.45, 7) is 1.31. The number of hydrogen-bond donors (Lipinski definition) is 0. The lowest BCUT2D eigenvalue weighted by molar-refractivity contribution is -0.120. The number of nitrogens with zero attached hydrogens (tertiary/aromatic N) is 2. The molecule has 0 aromatic carbocycles. The Morgan fingerprint density at radius 2 is 2.33 bits per heavy atom. The van der Waals surface area contributed by atoms with Gasteiger partial charge in [-0.3, -0.25) is 9.48 Å². The number of aromatic nitrogens is 2. The number of hydrogen-bond acceptors (Lipinski definition) is 3. The molecule has 1 unspecified atom stereocenters. The molecular formula is C13H19BrN2O2. The number of rotatable bonds is 4. The predicted octanol–water partition coefficient (Wildman–Crippen LogP) is 2.91. The Hall–Kier alpha value is -0.680. The van der Waals surface area contributed by atoms with Crippen LogP contribution < -0.4 is 0 Å². The van der Waals surface area contributed by atoms with Gasteiger partial charge in [-0.2, -0.15) is 5.10 Å². The van der Waals surface area contributed by atoms with Crippen LogP contribution in [0.25, 0.3) is 0 Å². The van der Waals surface area contributed by atoms with Gasteiger partial charge < -0.3 is 4.74 Å². The van der Waals surface area contributed by atoms with Crippen molar-refractivity contribution in [2.75, 3.05) is 13.7 Å². The topological polar surface area (TPSA) is 44.1 Å². The van der Waals surface area contributed by atoms with E-state index in [4.69, 9.17) is 4.74 Å². The quantitative estimate of drug-likeness (QED) is 0.803. The monoisotopic (exact) mass is 314 g/mol. The number of Topliss-reactive ketones (excluding diaryl/α,β-unsaturated/α-hetero) is 1. The molecule has 1 fully saturated rings. The van der Waals surface area contributed by atoms with Gasteiger partial charge in [0.25, 0.3) is 0 Å². The third-order valence-corrected chi connectivity index (χ3v) is 4.09. The summed E-state index contributed by atoms with van der Waals surface area (Å²) in [5.74, 6) is 0.355. The fourth-order valence-corrected chi connectivity index (χ4v) is 3.10. The van der Waals surface area contributed by atoms with Crippen LogP contribution in [-0.2, 0) is 16.1 Å². The highest BCUT2D eigenvalue weighted by atomic mass is 79.9. The second kappa shape index (κ2) is 6.48. The Kier molecular flexibility index (Phi) is 4.95. The van der Waals surface area contributed by atoms with Gasteiger partial charge in [0.2, 0.25) is 0 Å². The van der Waals surface area contributed by atoms with Crippen molar-refractivity contribution in [3.63, 3.8) is 0 Å².